The molecular weight excluding hydrogens is 583 g/mol. The largest absolute Gasteiger partial charge is 0.543 e. The third-order valence-corrected chi connectivity index (χ3v) is 16.6. The maximum atomic E-state index is 14.5. The Hall–Kier alpha value is -3.70. The van der Waals surface area contributed by atoms with E-state index in [1.165, 1.54) is 5.56 Å². The molecule has 0 aromatic heterocycles. The predicted octanol–water partition coefficient (Wildman–Crippen LogP) is 10.1. The maximum Gasteiger partial charge on any atom is 0.258 e. The van der Waals surface area contributed by atoms with Crippen LogP contribution in [0.5, 0.6) is 5.75 Å². The summed E-state index contributed by atoms with van der Waals surface area (Å²) in [6.07, 6.45) is 4.03. The molecule has 0 spiro atoms. The number of aldehydes is 1. The van der Waals surface area contributed by atoms with Gasteiger partial charge >= 0.3 is 0 Å². The van der Waals surface area contributed by atoms with E-state index in [0.717, 1.165) is 41.2 Å². The molecule has 0 N–H and O–H groups in total. The van der Waals surface area contributed by atoms with Crippen molar-refractivity contribution < 1.29 is 14.0 Å². The zero-order chi connectivity index (χ0) is 33.1. The number of carbonyl (C=O) groups is 2. The minimum atomic E-state index is -2.08. The average Bonchev–Trinajstić information content (AvgIpc) is 3.33. The Morgan fingerprint density at radius 3 is 2.04 bits per heavy atom. The highest BCUT2D eigenvalue weighted by atomic mass is 28.4. The Morgan fingerprint density at radius 2 is 1.43 bits per heavy atom. The second-order valence-corrected chi connectivity index (χ2v) is 19.9. The summed E-state index contributed by atoms with van der Waals surface area (Å²) in [7, 11) is -2.08. The van der Waals surface area contributed by atoms with Crippen LogP contribution in [0.25, 0.3) is 10.8 Å². The summed E-state index contributed by atoms with van der Waals surface area (Å²) < 4.78 is 6.94. The third kappa shape index (κ3) is 6.71. The van der Waals surface area contributed by atoms with Crippen LogP contribution in [0.2, 0.25) is 16.6 Å². The molecule has 242 valence electrons. The molecule has 5 rings (SSSR count). The topological polar surface area (TPSA) is 46.6 Å². The zero-order valence-electron chi connectivity index (χ0n) is 28.7. The van der Waals surface area contributed by atoms with Gasteiger partial charge in [-0.1, -0.05) is 121 Å². The molecule has 1 amide bonds. The van der Waals surface area contributed by atoms with Gasteiger partial charge in [-0.2, -0.15) is 0 Å². The Kier molecular flexibility index (Phi) is 10.2. The van der Waals surface area contributed by atoms with E-state index < -0.39 is 13.7 Å². The van der Waals surface area contributed by atoms with Gasteiger partial charge in [0.2, 0.25) is 0 Å². The van der Waals surface area contributed by atoms with Crippen molar-refractivity contribution in [3.05, 3.63) is 114 Å². The molecule has 5 heteroatoms. The summed E-state index contributed by atoms with van der Waals surface area (Å²) in [4.78, 5) is 29.4. The lowest BCUT2D eigenvalue weighted by Crippen LogP contribution is -2.50. The normalized spacial score (nSPS) is 20.2. The number of rotatable bonds is 12. The second-order valence-electron chi connectivity index (χ2n) is 14.6. The van der Waals surface area contributed by atoms with E-state index >= 15 is 0 Å². The molecule has 4 nitrogen and oxygen atoms in total. The van der Waals surface area contributed by atoms with Crippen LogP contribution < -0.4 is 4.43 Å². The van der Waals surface area contributed by atoms with E-state index in [4.69, 9.17) is 4.43 Å². The van der Waals surface area contributed by atoms with E-state index in [1.54, 1.807) is 0 Å². The van der Waals surface area contributed by atoms with Gasteiger partial charge in [0.05, 0.1) is 0 Å². The zero-order valence-corrected chi connectivity index (χ0v) is 29.7. The van der Waals surface area contributed by atoms with Gasteiger partial charge in [-0.05, 0) is 88.5 Å². The lowest BCUT2D eigenvalue weighted by Gasteiger charge is -2.42. The van der Waals surface area contributed by atoms with Gasteiger partial charge < -0.3 is 14.1 Å². The maximum absolute atomic E-state index is 14.5. The third-order valence-electron chi connectivity index (χ3n) is 10.6. The molecule has 1 fully saturated rings. The van der Waals surface area contributed by atoms with Crippen molar-refractivity contribution in [2.45, 2.75) is 103 Å². The fraction of sp³-hybridized carbons (Fsp3) is 0.415. The van der Waals surface area contributed by atoms with Gasteiger partial charge in [-0.15, -0.1) is 0 Å². The molecule has 1 aliphatic rings. The van der Waals surface area contributed by atoms with Gasteiger partial charge in [0.1, 0.15) is 12.0 Å². The minimum absolute atomic E-state index is 0.000858. The molecule has 1 heterocycles. The molecule has 0 aliphatic carbocycles. The van der Waals surface area contributed by atoms with Crippen LogP contribution in [0.1, 0.15) is 82.8 Å². The monoisotopic (exact) mass is 633 g/mol. The van der Waals surface area contributed by atoms with E-state index in [-0.39, 0.29) is 18.0 Å². The van der Waals surface area contributed by atoms with Gasteiger partial charge in [-0.3, -0.25) is 4.79 Å². The van der Waals surface area contributed by atoms with Crippen LogP contribution >= 0.6 is 0 Å². The van der Waals surface area contributed by atoms with E-state index in [0.29, 0.717) is 35.0 Å². The van der Waals surface area contributed by atoms with Crippen molar-refractivity contribution in [3.63, 3.8) is 0 Å². The first-order valence-corrected chi connectivity index (χ1v) is 19.2. The summed E-state index contributed by atoms with van der Waals surface area (Å²) in [6.45, 7) is 15.9. The molecular formula is C41H51NO3Si. The van der Waals surface area contributed by atoms with Crippen LogP contribution in [0.4, 0.5) is 0 Å². The number of aryl methyl sites for hydroxylation is 1. The smallest absolute Gasteiger partial charge is 0.258 e. The summed E-state index contributed by atoms with van der Waals surface area (Å²) in [5, 5.41) is 2.15. The lowest BCUT2D eigenvalue weighted by molar-refractivity contribution is -0.116. The molecule has 4 aromatic carbocycles. The Labute approximate surface area is 277 Å². The van der Waals surface area contributed by atoms with Crippen molar-refractivity contribution in [1.29, 1.82) is 0 Å². The summed E-state index contributed by atoms with van der Waals surface area (Å²) in [6, 6.07) is 32.7. The standard InChI is InChI=1S/C41H51NO3Si/c1-29(2)46(30(3)4,31(5)6)45-38-23-18-33(19-24-38)25-39-41(7,28-43)27-37(22-17-32-13-9-8-10-14-32)42(39)40(44)36-21-20-34-15-11-12-16-35(34)26-36/h8-16,18-21,23-24,26,28-31,37,39H,17,22,25,27H2,1-7H3. The molecule has 4 aromatic rings. The van der Waals surface area contributed by atoms with E-state index in [1.807, 2.05) is 43.3 Å². The van der Waals surface area contributed by atoms with Crippen LogP contribution in [0, 0.1) is 5.41 Å². The summed E-state index contributed by atoms with van der Waals surface area (Å²) in [5.74, 6) is 0.918. The average molecular weight is 634 g/mol. The fourth-order valence-corrected chi connectivity index (χ4v) is 13.5. The molecule has 46 heavy (non-hydrogen) atoms. The number of hydrogen-bond acceptors (Lipinski definition) is 3. The summed E-state index contributed by atoms with van der Waals surface area (Å²) in [5.41, 5.74) is 3.83. The fourth-order valence-electron chi connectivity index (χ4n) is 8.24. The SMILES string of the molecule is CC(C)[Si](Oc1ccc(CC2N(C(=O)c3ccc4ccccc4c3)C(CCc3ccccc3)CC2(C)C=O)cc1)(C(C)C)C(C)C. The Bertz CT molecular complexity index is 1610. The highest BCUT2D eigenvalue weighted by Crippen LogP contribution is 2.45. The predicted molar refractivity (Wildman–Crippen MR) is 193 cm³/mol. The number of likely N-dealkylation sites (tertiary alicyclic amines) is 1. The van der Waals surface area contributed by atoms with Crippen molar-refractivity contribution >= 4 is 31.3 Å². The number of hydrogen-bond donors (Lipinski definition) is 0. The van der Waals surface area contributed by atoms with Crippen molar-refractivity contribution in [1.82, 2.24) is 4.90 Å². The van der Waals surface area contributed by atoms with Crippen LogP contribution in [0.15, 0.2) is 97.1 Å². The van der Waals surface area contributed by atoms with Gasteiger partial charge in [-0.25, -0.2) is 0 Å². The number of carbonyl (C=O) groups excluding carboxylic acids is 2. The lowest BCUT2D eigenvalue weighted by atomic mass is 9.80. The molecule has 3 atom stereocenters. The number of benzene rings is 4. The first-order chi connectivity index (χ1) is 22.0. The first kappa shape index (κ1) is 33.7. The molecule has 1 aliphatic heterocycles. The molecule has 1 saturated heterocycles. The van der Waals surface area contributed by atoms with Gasteiger partial charge in [0.25, 0.3) is 14.2 Å². The van der Waals surface area contributed by atoms with E-state index in [9.17, 15) is 9.59 Å². The van der Waals surface area contributed by atoms with Crippen LogP contribution in [-0.4, -0.2) is 37.5 Å². The van der Waals surface area contributed by atoms with E-state index in [2.05, 4.69) is 107 Å². The molecule has 0 radical (unpaired) electrons. The Morgan fingerprint density at radius 1 is 0.826 bits per heavy atom. The quantitative estimate of drug-likeness (QED) is 0.115. The summed E-state index contributed by atoms with van der Waals surface area (Å²) >= 11 is 0. The van der Waals surface area contributed by atoms with Crippen LogP contribution in [0.3, 0.4) is 0 Å². The minimum Gasteiger partial charge on any atom is -0.543 e. The first-order valence-electron chi connectivity index (χ1n) is 17.1. The molecule has 0 saturated carbocycles. The number of amides is 1. The second kappa shape index (κ2) is 14.0. The molecule has 0 bridgehead atoms. The Balaban J connectivity index is 1.46. The van der Waals surface area contributed by atoms with Crippen LogP contribution in [-0.2, 0) is 17.6 Å². The highest BCUT2D eigenvalue weighted by Gasteiger charge is 2.51. The van der Waals surface area contributed by atoms with Crippen molar-refractivity contribution in [2.24, 2.45) is 5.41 Å². The number of fused-ring (bicyclic) bond motifs is 1. The molecule has 3 unspecified atom stereocenters. The van der Waals surface area contributed by atoms with Crippen molar-refractivity contribution in [3.8, 4) is 5.75 Å². The van der Waals surface area contributed by atoms with Gasteiger partial charge in [0, 0.05) is 23.1 Å². The van der Waals surface area contributed by atoms with Crippen molar-refractivity contribution in [2.75, 3.05) is 0 Å². The highest BCUT2D eigenvalue weighted by molar-refractivity contribution is 6.78. The number of nitrogens with zero attached hydrogens (tertiary/aromatic N) is 1. The van der Waals surface area contributed by atoms with Gasteiger partial charge in [0.15, 0.2) is 0 Å².